The lowest BCUT2D eigenvalue weighted by Crippen LogP contribution is -2.45. The Morgan fingerprint density at radius 1 is 1.28 bits per heavy atom. The van der Waals surface area contributed by atoms with Gasteiger partial charge in [0, 0.05) is 0 Å². The summed E-state index contributed by atoms with van der Waals surface area (Å²) in [5.74, 6) is -0.153. The van der Waals surface area contributed by atoms with E-state index in [-0.39, 0.29) is 18.2 Å². The van der Waals surface area contributed by atoms with Crippen molar-refractivity contribution >= 4 is 25.1 Å². The van der Waals surface area contributed by atoms with Gasteiger partial charge >= 0.3 is 13.7 Å². The van der Waals surface area contributed by atoms with Gasteiger partial charge in [0.2, 0.25) is 0 Å². The predicted octanol–water partition coefficient (Wildman–Crippen LogP) is 2.39. The Morgan fingerprint density at radius 3 is 2.74 bits per heavy atom. The maximum absolute atomic E-state index is 13.8. The number of aliphatic hydroxyl groups is 2. The van der Waals surface area contributed by atoms with Crippen molar-refractivity contribution in [1.82, 2.24) is 19.7 Å². The van der Waals surface area contributed by atoms with Crippen molar-refractivity contribution in [3.63, 3.8) is 0 Å². The van der Waals surface area contributed by atoms with Gasteiger partial charge in [0.1, 0.15) is 47.5 Å². The molecule has 0 aliphatic carbocycles. The minimum atomic E-state index is -4.22. The van der Waals surface area contributed by atoms with E-state index in [1.165, 1.54) is 24.7 Å². The van der Waals surface area contributed by atoms with Gasteiger partial charge in [0.05, 0.1) is 18.9 Å². The average molecular weight is 564 g/mol. The maximum Gasteiger partial charge on any atom is 0.459 e. The zero-order valence-corrected chi connectivity index (χ0v) is 22.9. The van der Waals surface area contributed by atoms with Crippen molar-refractivity contribution in [2.24, 2.45) is 0 Å². The van der Waals surface area contributed by atoms with Crippen molar-refractivity contribution in [1.29, 1.82) is 0 Å². The Balaban J connectivity index is 1.52. The number of unbranched alkanes of at least 4 members (excludes halogenated alkanes) is 1. The molecule has 1 saturated heterocycles. The van der Waals surface area contributed by atoms with Crippen LogP contribution in [0, 0.1) is 0 Å². The van der Waals surface area contributed by atoms with Gasteiger partial charge in [-0.15, -0.1) is 0 Å². The molecule has 2 aromatic heterocycles. The molecule has 4 rings (SSSR count). The minimum Gasteiger partial charge on any atom is -0.465 e. The molecule has 13 nitrogen and oxygen atoms in total. The smallest absolute Gasteiger partial charge is 0.459 e. The number of nitrogens with zero attached hydrogens (tertiary/aromatic N) is 3. The molecule has 0 amide bonds. The first kappa shape index (κ1) is 28.9. The van der Waals surface area contributed by atoms with Crippen molar-refractivity contribution in [3.8, 4) is 5.75 Å². The molecule has 3 heterocycles. The summed E-state index contributed by atoms with van der Waals surface area (Å²) >= 11 is 0. The maximum atomic E-state index is 13.8. The van der Waals surface area contributed by atoms with Crippen LogP contribution < -0.4 is 15.3 Å². The summed E-state index contributed by atoms with van der Waals surface area (Å²) in [5, 5.41) is 28.6. The van der Waals surface area contributed by atoms with Crippen LogP contribution in [0.1, 0.15) is 45.4 Å². The number of carbonyl (C=O) groups excluding carboxylic acids is 1. The minimum absolute atomic E-state index is 0.229. The van der Waals surface area contributed by atoms with E-state index in [1.807, 2.05) is 6.92 Å². The van der Waals surface area contributed by atoms with Gasteiger partial charge < -0.3 is 29.9 Å². The standard InChI is InChI=1S/C25H34N5O8P/c1-4-5-13-35-24(33)16(2)29-39(34,38-17-9-7-6-8-10-17)36-14-25(3)22(32)20(31)21(37-25)18-11-12-19-23(26)27-15-28-30(18)19/h6-12,15-16,20-22,31-32H,4-5,13-14H2,1-3H3,(H,29,34)(H2,26,27,28)/t16-,20-,21-,22-,25+,39?/m0/s1. The highest BCUT2D eigenvalue weighted by molar-refractivity contribution is 7.52. The number of nitrogens with two attached hydrogens (primary N) is 1. The second-order valence-electron chi connectivity index (χ2n) is 9.53. The average Bonchev–Trinajstić information content (AvgIpc) is 3.44. The molecule has 0 bridgehead atoms. The van der Waals surface area contributed by atoms with Gasteiger partial charge in [-0.3, -0.25) is 9.32 Å². The molecule has 1 aromatic carbocycles. The first-order valence-electron chi connectivity index (χ1n) is 12.6. The number of esters is 1. The number of nitrogens with one attached hydrogen (secondary N) is 1. The third-order valence-corrected chi connectivity index (χ3v) is 8.02. The predicted molar refractivity (Wildman–Crippen MR) is 141 cm³/mol. The molecule has 39 heavy (non-hydrogen) atoms. The zero-order valence-electron chi connectivity index (χ0n) is 22.0. The lowest BCUT2D eigenvalue weighted by atomic mass is 9.97. The number of carbonyl (C=O) groups is 1. The van der Waals surface area contributed by atoms with Crippen LogP contribution in [0.15, 0.2) is 48.8 Å². The summed E-state index contributed by atoms with van der Waals surface area (Å²) < 4.78 is 38.0. The van der Waals surface area contributed by atoms with E-state index in [2.05, 4.69) is 15.2 Å². The van der Waals surface area contributed by atoms with Gasteiger partial charge in [-0.2, -0.15) is 10.2 Å². The van der Waals surface area contributed by atoms with E-state index in [4.69, 9.17) is 24.3 Å². The topological polar surface area (TPSA) is 180 Å². The number of benzene rings is 1. The van der Waals surface area contributed by atoms with Gasteiger partial charge in [-0.05, 0) is 44.5 Å². The first-order valence-corrected chi connectivity index (χ1v) is 14.2. The number of rotatable bonds is 12. The number of hydrogen-bond donors (Lipinski definition) is 4. The lowest BCUT2D eigenvalue weighted by molar-refractivity contribution is -0.145. The second-order valence-corrected chi connectivity index (χ2v) is 11.2. The molecule has 0 spiro atoms. The Morgan fingerprint density at radius 2 is 2.03 bits per heavy atom. The number of aromatic nitrogens is 3. The number of hydrogen-bond acceptors (Lipinski definition) is 11. The largest absolute Gasteiger partial charge is 0.465 e. The Bertz CT molecular complexity index is 1320. The van der Waals surface area contributed by atoms with Gasteiger partial charge in [0.25, 0.3) is 0 Å². The monoisotopic (exact) mass is 563 g/mol. The van der Waals surface area contributed by atoms with Gasteiger partial charge in [-0.25, -0.2) is 14.1 Å². The zero-order chi connectivity index (χ0) is 28.2. The Hall–Kier alpha value is -3.06. The molecule has 0 saturated carbocycles. The summed E-state index contributed by atoms with van der Waals surface area (Å²) in [5.41, 5.74) is 5.33. The second kappa shape index (κ2) is 12.0. The summed E-state index contributed by atoms with van der Waals surface area (Å²) in [6.45, 7) is 4.72. The van der Waals surface area contributed by atoms with Crippen molar-refractivity contribution in [3.05, 3.63) is 54.5 Å². The van der Waals surface area contributed by atoms with E-state index in [0.29, 0.717) is 17.6 Å². The molecule has 0 radical (unpaired) electrons. The van der Waals surface area contributed by atoms with E-state index >= 15 is 0 Å². The highest BCUT2D eigenvalue weighted by Gasteiger charge is 2.53. The summed E-state index contributed by atoms with van der Waals surface area (Å²) in [6, 6.07) is 10.6. The van der Waals surface area contributed by atoms with E-state index < -0.39 is 50.3 Å². The normalized spacial score (nSPS) is 25.3. The van der Waals surface area contributed by atoms with Crippen LogP contribution in [0.2, 0.25) is 0 Å². The van der Waals surface area contributed by atoms with Crippen LogP contribution >= 0.6 is 7.75 Å². The van der Waals surface area contributed by atoms with Crippen LogP contribution in [-0.2, 0) is 23.4 Å². The van der Waals surface area contributed by atoms with Crippen LogP contribution in [0.3, 0.4) is 0 Å². The third-order valence-electron chi connectivity index (χ3n) is 6.40. The molecule has 3 aromatic rings. The van der Waals surface area contributed by atoms with E-state index in [9.17, 15) is 19.6 Å². The number of para-hydroxylation sites is 1. The molecular weight excluding hydrogens is 529 g/mol. The number of anilines is 1. The Labute approximate surface area is 225 Å². The fourth-order valence-corrected chi connectivity index (χ4v) is 5.74. The van der Waals surface area contributed by atoms with Gasteiger partial charge in [-0.1, -0.05) is 31.5 Å². The molecule has 1 fully saturated rings. The summed E-state index contributed by atoms with van der Waals surface area (Å²) in [7, 11) is -4.22. The van der Waals surface area contributed by atoms with Crippen molar-refractivity contribution < 1.29 is 38.1 Å². The molecule has 5 N–H and O–H groups in total. The number of ether oxygens (including phenoxy) is 2. The number of fused-ring (bicyclic) bond motifs is 1. The Kier molecular flexibility index (Phi) is 8.90. The van der Waals surface area contributed by atoms with Gasteiger partial charge in [0.15, 0.2) is 5.82 Å². The van der Waals surface area contributed by atoms with E-state index in [0.717, 1.165) is 6.42 Å². The van der Waals surface area contributed by atoms with Crippen LogP contribution in [-0.4, -0.2) is 67.8 Å². The highest BCUT2D eigenvalue weighted by Crippen LogP contribution is 2.48. The van der Waals surface area contributed by atoms with Crippen LogP contribution in [0.5, 0.6) is 5.75 Å². The summed E-state index contributed by atoms with van der Waals surface area (Å²) in [4.78, 5) is 16.4. The quantitative estimate of drug-likeness (QED) is 0.144. The summed E-state index contributed by atoms with van der Waals surface area (Å²) in [6.07, 6.45) is -1.01. The third kappa shape index (κ3) is 6.40. The fraction of sp³-hybridized carbons (Fsp3) is 0.480. The van der Waals surface area contributed by atoms with Crippen LogP contribution in [0.25, 0.3) is 5.52 Å². The molecule has 6 atom stereocenters. The highest BCUT2D eigenvalue weighted by atomic mass is 31.2. The van der Waals surface area contributed by atoms with Crippen molar-refractivity contribution in [2.75, 3.05) is 18.9 Å². The number of nitrogen functional groups attached to an aromatic ring is 1. The van der Waals surface area contributed by atoms with Crippen molar-refractivity contribution in [2.45, 2.75) is 63.6 Å². The van der Waals surface area contributed by atoms with Crippen LogP contribution in [0.4, 0.5) is 5.82 Å². The molecule has 1 aliphatic rings. The fourth-order valence-electron chi connectivity index (χ4n) is 4.15. The number of aliphatic hydroxyl groups excluding tert-OH is 2. The molecule has 212 valence electrons. The molecule has 1 unspecified atom stereocenters. The first-order chi connectivity index (χ1) is 18.6. The molecule has 1 aliphatic heterocycles. The molecule has 14 heteroatoms. The lowest BCUT2D eigenvalue weighted by Gasteiger charge is -2.30. The SMILES string of the molecule is CCCCOC(=O)[C@H](C)NP(=O)(OC[C@@]1(C)O[C@@H](c2ccc3c(N)ncnn23)[C@H](O)[C@@H]1O)Oc1ccccc1. The van der Waals surface area contributed by atoms with E-state index in [1.54, 1.807) is 42.5 Å². The molecular formula is C25H34N5O8P.